The van der Waals surface area contributed by atoms with Gasteiger partial charge in [-0.1, -0.05) is 59.8 Å². The predicted molar refractivity (Wildman–Crippen MR) is 105 cm³/mol. The van der Waals surface area contributed by atoms with E-state index in [0.29, 0.717) is 21.6 Å². The Hall–Kier alpha value is -2.57. The Morgan fingerprint density at radius 1 is 1.23 bits per heavy atom. The van der Waals surface area contributed by atoms with E-state index in [2.05, 4.69) is 17.0 Å². The summed E-state index contributed by atoms with van der Waals surface area (Å²) in [5, 5.41) is 11.9. The molecular weight excluding hydrogens is 368 g/mol. The maximum absolute atomic E-state index is 12.8. The van der Waals surface area contributed by atoms with Gasteiger partial charge in [0.15, 0.2) is 11.3 Å². The summed E-state index contributed by atoms with van der Waals surface area (Å²) in [5.41, 5.74) is 1.41. The average Bonchev–Trinajstić information content (AvgIpc) is 2.66. The average molecular weight is 383 g/mol. The molecule has 1 N–H and O–H groups in total. The van der Waals surface area contributed by atoms with Crippen LogP contribution in [0.1, 0.15) is 11.7 Å². The zero-order chi connectivity index (χ0) is 18.1. The molecule has 0 aromatic heterocycles. The molecule has 0 aliphatic carbocycles. The van der Waals surface area contributed by atoms with Crippen LogP contribution in [-0.2, 0) is 4.79 Å². The second-order valence-corrected chi connectivity index (χ2v) is 7.17. The van der Waals surface area contributed by atoms with Crippen LogP contribution >= 0.6 is 23.4 Å². The van der Waals surface area contributed by atoms with Gasteiger partial charge in [-0.25, -0.2) is 5.01 Å². The van der Waals surface area contributed by atoms with Crippen LogP contribution in [0, 0.1) is 0 Å². The number of carbonyl (C=O) groups is 1. The van der Waals surface area contributed by atoms with E-state index in [1.54, 1.807) is 11.1 Å². The number of carbonyl (C=O) groups excluding carboxylic acids is 1. The second-order valence-electron chi connectivity index (χ2n) is 5.72. The Bertz CT molecular complexity index is 1030. The van der Waals surface area contributed by atoms with Gasteiger partial charge in [-0.15, -0.1) is 11.7 Å². The van der Waals surface area contributed by atoms with Gasteiger partial charge in [0.1, 0.15) is 5.70 Å². The standard InChI is InChI=1S/C19H15ClN4OS/c1-2-11-26-19-22-18(25)16-14-5-3-4-6-15(14)21-17(24(16)23-19)12-7-9-13(20)10-8-12/h2-10,17H,1,11H2,(H,22,23,25)/t17-/m0/s1. The summed E-state index contributed by atoms with van der Waals surface area (Å²) in [4.78, 5) is 17.6. The lowest BCUT2D eigenvalue weighted by Crippen LogP contribution is -2.50. The largest absolute Gasteiger partial charge is 0.298 e. The van der Waals surface area contributed by atoms with Gasteiger partial charge in [-0.2, -0.15) is 0 Å². The minimum Gasteiger partial charge on any atom is -0.298 e. The number of amidine groups is 1. The molecular formula is C19H15ClN4OS. The van der Waals surface area contributed by atoms with Gasteiger partial charge in [-0.3, -0.25) is 15.1 Å². The third-order valence-electron chi connectivity index (χ3n) is 4.02. The highest BCUT2D eigenvalue weighted by atomic mass is 35.5. The topological polar surface area (TPSA) is 57.1 Å². The summed E-state index contributed by atoms with van der Waals surface area (Å²) in [6.45, 7) is 3.71. The van der Waals surface area contributed by atoms with Crippen molar-refractivity contribution in [3.05, 3.63) is 82.3 Å². The van der Waals surface area contributed by atoms with E-state index >= 15 is 0 Å². The lowest BCUT2D eigenvalue weighted by atomic mass is 10.1. The number of hydrogen-bond acceptors (Lipinski definition) is 5. The molecule has 2 aromatic rings. The molecule has 0 unspecified atom stereocenters. The number of para-hydroxylation sites is 1. The molecule has 2 aromatic carbocycles. The van der Waals surface area contributed by atoms with Crippen molar-refractivity contribution in [1.29, 1.82) is 0 Å². The number of hydrazone groups is 1. The summed E-state index contributed by atoms with van der Waals surface area (Å²) in [5.74, 6) is 0.467. The fourth-order valence-corrected chi connectivity index (χ4v) is 3.59. The first kappa shape index (κ1) is 16.9. The number of hydrogen-bond donors (Lipinski definition) is 1. The fourth-order valence-electron chi connectivity index (χ4n) is 2.88. The van der Waals surface area contributed by atoms with Crippen molar-refractivity contribution >= 4 is 40.1 Å². The first-order chi connectivity index (χ1) is 12.7. The Morgan fingerprint density at radius 2 is 2.00 bits per heavy atom. The van der Waals surface area contributed by atoms with Gasteiger partial charge in [-0.05, 0) is 23.8 Å². The summed E-state index contributed by atoms with van der Waals surface area (Å²) in [6, 6.07) is 15.0. The highest BCUT2D eigenvalue weighted by Crippen LogP contribution is 2.31. The lowest BCUT2D eigenvalue weighted by Gasteiger charge is -2.34. The van der Waals surface area contributed by atoms with Crippen molar-refractivity contribution in [2.24, 2.45) is 10.1 Å². The number of amides is 1. The predicted octanol–water partition coefficient (Wildman–Crippen LogP) is 2.40. The first-order valence-electron chi connectivity index (χ1n) is 8.03. The molecule has 2 aliphatic heterocycles. The number of fused-ring (bicyclic) bond motifs is 2. The molecule has 0 spiro atoms. The van der Waals surface area contributed by atoms with Crippen molar-refractivity contribution in [1.82, 2.24) is 10.3 Å². The number of thioether (sulfide) groups is 1. The van der Waals surface area contributed by atoms with E-state index in [1.165, 1.54) is 11.8 Å². The normalized spacial score (nSPS) is 18.3. The fraction of sp³-hybridized carbons (Fsp3) is 0.105. The second kappa shape index (κ2) is 6.97. The molecule has 2 heterocycles. The lowest BCUT2D eigenvalue weighted by molar-refractivity contribution is -0.116. The van der Waals surface area contributed by atoms with E-state index in [1.807, 2.05) is 48.5 Å². The molecule has 0 saturated carbocycles. The summed E-state index contributed by atoms with van der Waals surface area (Å²) >= 11 is 7.44. The van der Waals surface area contributed by atoms with Gasteiger partial charge >= 0.3 is 0 Å². The highest BCUT2D eigenvalue weighted by molar-refractivity contribution is 8.14. The van der Waals surface area contributed by atoms with Gasteiger partial charge in [0, 0.05) is 16.0 Å². The van der Waals surface area contributed by atoms with Crippen molar-refractivity contribution in [2.45, 2.75) is 6.17 Å². The van der Waals surface area contributed by atoms with Crippen LogP contribution in [0.3, 0.4) is 0 Å². The summed E-state index contributed by atoms with van der Waals surface area (Å²) in [6.07, 6.45) is 1.34. The Kier molecular flexibility index (Phi) is 4.53. The van der Waals surface area contributed by atoms with Crippen LogP contribution in [-0.4, -0.2) is 21.8 Å². The van der Waals surface area contributed by atoms with E-state index in [4.69, 9.17) is 16.6 Å². The maximum Gasteiger partial charge on any atom is 0.276 e. The molecule has 1 amide bonds. The van der Waals surface area contributed by atoms with Gasteiger partial charge < -0.3 is 0 Å². The molecule has 0 saturated heterocycles. The van der Waals surface area contributed by atoms with Gasteiger partial charge in [0.05, 0.1) is 5.36 Å². The monoisotopic (exact) mass is 382 g/mol. The zero-order valence-corrected chi connectivity index (χ0v) is 15.3. The molecule has 0 bridgehead atoms. The van der Waals surface area contributed by atoms with Gasteiger partial charge in [0.25, 0.3) is 5.91 Å². The van der Waals surface area contributed by atoms with Crippen molar-refractivity contribution < 1.29 is 4.79 Å². The SMILES string of the molecule is C=CCSC1=NN2C(=c3ccccc3=N[C@@H]2c2ccc(Cl)cc2)C(=O)N1. The zero-order valence-electron chi connectivity index (χ0n) is 13.7. The molecule has 0 radical (unpaired) electrons. The molecule has 4 rings (SSSR count). The Balaban J connectivity index is 1.90. The number of nitrogens with one attached hydrogen (secondary N) is 1. The van der Waals surface area contributed by atoms with E-state index < -0.39 is 6.17 Å². The molecule has 26 heavy (non-hydrogen) atoms. The highest BCUT2D eigenvalue weighted by Gasteiger charge is 2.34. The number of halogens is 1. The minimum atomic E-state index is -0.428. The van der Waals surface area contributed by atoms with Crippen LogP contribution in [0.25, 0.3) is 5.70 Å². The van der Waals surface area contributed by atoms with Crippen LogP contribution < -0.4 is 15.9 Å². The minimum absolute atomic E-state index is 0.187. The first-order valence-corrected chi connectivity index (χ1v) is 9.39. The Labute approximate surface area is 159 Å². The molecule has 2 aliphatic rings. The van der Waals surface area contributed by atoms with Crippen LogP contribution in [0.4, 0.5) is 0 Å². The molecule has 1 atom stereocenters. The van der Waals surface area contributed by atoms with Crippen LogP contribution in [0.15, 0.2) is 71.3 Å². The Morgan fingerprint density at radius 3 is 2.77 bits per heavy atom. The van der Waals surface area contributed by atoms with E-state index in [0.717, 1.165) is 16.1 Å². The van der Waals surface area contributed by atoms with Crippen LogP contribution in [0.5, 0.6) is 0 Å². The molecule has 5 nitrogen and oxygen atoms in total. The number of rotatable bonds is 3. The van der Waals surface area contributed by atoms with Crippen molar-refractivity contribution in [2.75, 3.05) is 5.75 Å². The smallest absolute Gasteiger partial charge is 0.276 e. The number of nitrogens with zero attached hydrogens (tertiary/aromatic N) is 3. The third-order valence-corrected chi connectivity index (χ3v) is 5.13. The molecule has 7 heteroatoms. The number of benzene rings is 2. The summed E-state index contributed by atoms with van der Waals surface area (Å²) < 4.78 is 0. The van der Waals surface area contributed by atoms with Crippen molar-refractivity contribution in [3.63, 3.8) is 0 Å². The van der Waals surface area contributed by atoms with Gasteiger partial charge in [0.2, 0.25) is 0 Å². The summed E-state index contributed by atoms with van der Waals surface area (Å²) in [7, 11) is 0. The molecule has 130 valence electrons. The van der Waals surface area contributed by atoms with E-state index in [9.17, 15) is 4.79 Å². The third kappa shape index (κ3) is 3.02. The van der Waals surface area contributed by atoms with Crippen LogP contribution in [0.2, 0.25) is 5.02 Å². The van der Waals surface area contributed by atoms with E-state index in [-0.39, 0.29) is 5.91 Å². The quantitative estimate of drug-likeness (QED) is 0.829. The molecule has 0 fully saturated rings. The maximum atomic E-state index is 12.8. The van der Waals surface area contributed by atoms with Crippen molar-refractivity contribution in [3.8, 4) is 0 Å².